The van der Waals surface area contributed by atoms with E-state index in [2.05, 4.69) is 55.2 Å². The van der Waals surface area contributed by atoms with Crippen molar-refractivity contribution in [1.82, 2.24) is 0 Å². The van der Waals surface area contributed by atoms with Gasteiger partial charge >= 0.3 is 0 Å². The number of rotatable bonds is 8. The van der Waals surface area contributed by atoms with Crippen molar-refractivity contribution in [2.45, 2.75) is 52.4 Å². The Morgan fingerprint density at radius 3 is 1.80 bits per heavy atom. The number of nitrogens with zero attached hydrogens (tertiary/aromatic N) is 2. The number of nitrogens with two attached hydrogens (primary N) is 1. The SMILES string of the molecule is CCCCc1ccc(N=C(N)N(C)c2ccc(CCCC)cc2)cc1. The largest absolute Gasteiger partial charge is 0.369 e. The number of hydrogen-bond acceptors (Lipinski definition) is 1. The number of anilines is 1. The summed E-state index contributed by atoms with van der Waals surface area (Å²) in [6.45, 7) is 4.43. The smallest absolute Gasteiger partial charge is 0.200 e. The van der Waals surface area contributed by atoms with Crippen LogP contribution in [0.3, 0.4) is 0 Å². The lowest BCUT2D eigenvalue weighted by Gasteiger charge is -2.18. The van der Waals surface area contributed by atoms with E-state index in [0.29, 0.717) is 5.96 Å². The van der Waals surface area contributed by atoms with E-state index in [9.17, 15) is 0 Å². The van der Waals surface area contributed by atoms with Crippen LogP contribution >= 0.6 is 0 Å². The van der Waals surface area contributed by atoms with Crippen LogP contribution in [0.25, 0.3) is 0 Å². The zero-order chi connectivity index (χ0) is 18.1. The first-order valence-corrected chi connectivity index (χ1v) is 9.39. The van der Waals surface area contributed by atoms with Crippen LogP contribution in [0.5, 0.6) is 0 Å². The molecule has 0 fully saturated rings. The van der Waals surface area contributed by atoms with E-state index in [1.807, 2.05) is 24.1 Å². The Hall–Kier alpha value is -2.29. The highest BCUT2D eigenvalue weighted by Gasteiger charge is 2.05. The quantitative estimate of drug-likeness (QED) is 0.514. The van der Waals surface area contributed by atoms with Crippen LogP contribution < -0.4 is 10.6 Å². The molecule has 0 radical (unpaired) electrons. The molecular formula is C22H31N3. The third-order valence-corrected chi connectivity index (χ3v) is 4.49. The number of hydrogen-bond donors (Lipinski definition) is 1. The lowest BCUT2D eigenvalue weighted by molar-refractivity contribution is 0.795. The van der Waals surface area contributed by atoms with Crippen molar-refractivity contribution in [2.24, 2.45) is 10.7 Å². The summed E-state index contributed by atoms with van der Waals surface area (Å²) < 4.78 is 0. The maximum atomic E-state index is 6.19. The summed E-state index contributed by atoms with van der Waals surface area (Å²) in [5, 5.41) is 0. The van der Waals surface area contributed by atoms with Gasteiger partial charge in [0.1, 0.15) is 0 Å². The van der Waals surface area contributed by atoms with E-state index in [1.165, 1.54) is 36.8 Å². The number of unbranched alkanes of at least 4 members (excludes halogenated alkanes) is 2. The first-order chi connectivity index (χ1) is 12.1. The van der Waals surface area contributed by atoms with Crippen molar-refractivity contribution in [3.63, 3.8) is 0 Å². The molecule has 25 heavy (non-hydrogen) atoms. The Balaban J connectivity index is 2.02. The molecule has 0 atom stereocenters. The average molecular weight is 338 g/mol. The second kappa shape index (κ2) is 9.87. The van der Waals surface area contributed by atoms with Gasteiger partial charge in [0.15, 0.2) is 0 Å². The van der Waals surface area contributed by atoms with Crippen LogP contribution in [-0.2, 0) is 12.8 Å². The Bertz CT molecular complexity index is 657. The molecule has 0 unspecified atom stereocenters. The maximum Gasteiger partial charge on any atom is 0.200 e. The van der Waals surface area contributed by atoms with Crippen molar-refractivity contribution in [3.05, 3.63) is 59.7 Å². The van der Waals surface area contributed by atoms with Crippen molar-refractivity contribution in [2.75, 3.05) is 11.9 Å². The number of aliphatic imine (C=N–C) groups is 1. The summed E-state index contributed by atoms with van der Waals surface area (Å²) in [7, 11) is 1.95. The van der Waals surface area contributed by atoms with Crippen LogP contribution in [0, 0.1) is 0 Å². The summed E-state index contributed by atoms with van der Waals surface area (Å²) in [5.74, 6) is 0.502. The molecular weight excluding hydrogens is 306 g/mol. The standard InChI is InChI=1S/C22H31N3/c1-4-6-8-18-10-14-20(15-11-18)24-22(23)25(3)21-16-12-19(13-17-21)9-7-5-2/h10-17H,4-9H2,1-3H3,(H2,23,24). The Morgan fingerprint density at radius 1 is 0.840 bits per heavy atom. The van der Waals surface area contributed by atoms with Crippen molar-refractivity contribution < 1.29 is 0 Å². The first kappa shape index (κ1) is 19.0. The lowest BCUT2D eigenvalue weighted by Crippen LogP contribution is -2.33. The van der Waals surface area contributed by atoms with E-state index >= 15 is 0 Å². The summed E-state index contributed by atoms with van der Waals surface area (Å²) in [5.41, 5.74) is 10.9. The third kappa shape index (κ3) is 5.93. The third-order valence-electron chi connectivity index (χ3n) is 4.49. The molecule has 2 aromatic carbocycles. The molecule has 0 aliphatic heterocycles. The van der Waals surface area contributed by atoms with E-state index in [-0.39, 0.29) is 0 Å². The zero-order valence-corrected chi connectivity index (χ0v) is 15.8. The van der Waals surface area contributed by atoms with E-state index in [4.69, 9.17) is 5.73 Å². The average Bonchev–Trinajstić information content (AvgIpc) is 2.65. The summed E-state index contributed by atoms with van der Waals surface area (Å²) in [6.07, 6.45) is 7.15. The molecule has 0 aliphatic carbocycles. The maximum absolute atomic E-state index is 6.19. The first-order valence-electron chi connectivity index (χ1n) is 9.39. The van der Waals surface area contributed by atoms with Gasteiger partial charge in [0.05, 0.1) is 5.69 Å². The molecule has 0 saturated heterocycles. The Kier molecular flexibility index (Phi) is 7.52. The fraction of sp³-hybridized carbons (Fsp3) is 0.409. The van der Waals surface area contributed by atoms with E-state index in [1.54, 1.807) is 0 Å². The molecule has 2 rings (SSSR count). The highest BCUT2D eigenvalue weighted by atomic mass is 15.2. The van der Waals surface area contributed by atoms with Gasteiger partial charge in [0.25, 0.3) is 0 Å². The number of aryl methyl sites for hydroxylation is 2. The molecule has 134 valence electrons. The molecule has 3 nitrogen and oxygen atoms in total. The van der Waals surface area contributed by atoms with Crippen molar-refractivity contribution in [3.8, 4) is 0 Å². The molecule has 3 heteroatoms. The Labute approximate surface area is 152 Å². The van der Waals surface area contributed by atoms with Gasteiger partial charge in [-0.1, -0.05) is 51.0 Å². The molecule has 0 heterocycles. The van der Waals surface area contributed by atoms with Crippen molar-refractivity contribution in [1.29, 1.82) is 0 Å². The molecule has 0 amide bonds. The summed E-state index contributed by atoms with van der Waals surface area (Å²) in [4.78, 5) is 6.47. The number of benzene rings is 2. The Morgan fingerprint density at radius 2 is 1.32 bits per heavy atom. The van der Waals surface area contributed by atoms with Crippen LogP contribution in [0.4, 0.5) is 11.4 Å². The minimum absolute atomic E-state index is 0.502. The second-order valence-corrected chi connectivity index (χ2v) is 6.57. The van der Waals surface area contributed by atoms with Gasteiger partial charge in [-0.25, -0.2) is 4.99 Å². The molecule has 2 N–H and O–H groups in total. The highest BCUT2D eigenvalue weighted by molar-refractivity contribution is 5.95. The minimum Gasteiger partial charge on any atom is -0.369 e. The highest BCUT2D eigenvalue weighted by Crippen LogP contribution is 2.18. The fourth-order valence-electron chi connectivity index (χ4n) is 2.72. The summed E-state index contributed by atoms with van der Waals surface area (Å²) in [6, 6.07) is 16.9. The second-order valence-electron chi connectivity index (χ2n) is 6.57. The monoisotopic (exact) mass is 337 g/mol. The molecule has 0 spiro atoms. The molecule has 0 aliphatic rings. The molecule has 0 bridgehead atoms. The van der Waals surface area contributed by atoms with E-state index < -0.39 is 0 Å². The predicted octanol–water partition coefficient (Wildman–Crippen LogP) is 5.45. The van der Waals surface area contributed by atoms with E-state index in [0.717, 1.165) is 24.2 Å². The van der Waals surface area contributed by atoms with Gasteiger partial charge in [-0.15, -0.1) is 0 Å². The lowest BCUT2D eigenvalue weighted by atomic mass is 10.1. The predicted molar refractivity (Wildman–Crippen MR) is 110 cm³/mol. The van der Waals surface area contributed by atoms with Gasteiger partial charge in [0.2, 0.25) is 5.96 Å². The van der Waals surface area contributed by atoms with Gasteiger partial charge in [-0.2, -0.15) is 0 Å². The number of guanidine groups is 1. The molecule has 2 aromatic rings. The fourth-order valence-corrected chi connectivity index (χ4v) is 2.72. The van der Waals surface area contributed by atoms with Gasteiger partial charge in [-0.05, 0) is 61.1 Å². The van der Waals surface area contributed by atoms with Crippen LogP contribution in [0.2, 0.25) is 0 Å². The van der Waals surface area contributed by atoms with Crippen LogP contribution in [0.1, 0.15) is 50.7 Å². The topological polar surface area (TPSA) is 41.6 Å². The van der Waals surface area contributed by atoms with Crippen LogP contribution in [0.15, 0.2) is 53.5 Å². The zero-order valence-electron chi connectivity index (χ0n) is 15.8. The van der Waals surface area contributed by atoms with Gasteiger partial charge in [-0.3, -0.25) is 0 Å². The summed E-state index contributed by atoms with van der Waals surface area (Å²) >= 11 is 0. The molecule has 0 saturated carbocycles. The van der Waals surface area contributed by atoms with Crippen molar-refractivity contribution >= 4 is 17.3 Å². The normalized spacial score (nSPS) is 11.6. The van der Waals surface area contributed by atoms with Gasteiger partial charge < -0.3 is 10.6 Å². The van der Waals surface area contributed by atoms with Crippen LogP contribution in [-0.4, -0.2) is 13.0 Å². The molecule has 0 aromatic heterocycles. The minimum atomic E-state index is 0.502. The van der Waals surface area contributed by atoms with Gasteiger partial charge in [0, 0.05) is 12.7 Å².